The molecule has 0 saturated heterocycles. The van der Waals surface area contributed by atoms with Crippen molar-refractivity contribution < 1.29 is 0 Å². The highest BCUT2D eigenvalue weighted by atomic mass is 14.8. The van der Waals surface area contributed by atoms with E-state index >= 15 is 0 Å². The van der Waals surface area contributed by atoms with Gasteiger partial charge in [-0.1, -0.05) is 44.2 Å². The second kappa shape index (κ2) is 7.06. The van der Waals surface area contributed by atoms with Crippen molar-refractivity contribution >= 4 is 34.2 Å². The van der Waals surface area contributed by atoms with E-state index in [1.54, 1.807) is 0 Å². The van der Waals surface area contributed by atoms with Crippen LogP contribution in [0.4, 0.5) is 0 Å². The summed E-state index contributed by atoms with van der Waals surface area (Å²) in [5, 5.41) is 0. The second-order valence-electron chi connectivity index (χ2n) is 9.17. The Morgan fingerprint density at radius 2 is 1.38 bits per heavy atom. The van der Waals surface area contributed by atoms with Crippen molar-refractivity contribution in [2.24, 2.45) is 0 Å². The fourth-order valence-electron chi connectivity index (χ4n) is 4.55. The summed E-state index contributed by atoms with van der Waals surface area (Å²) in [5.74, 6) is 0. The zero-order valence-electron chi connectivity index (χ0n) is 18.2. The van der Waals surface area contributed by atoms with Gasteiger partial charge in [-0.25, -0.2) is 4.98 Å². The standard InChI is InChI=1S/C28H24N4/c1-28(2)17-25-27(18-6-4-3-5-7-18)24-13-12-22(31-24)15-21-9-8-19(29-21)14-20-10-11-23(30-20)16-26(28)32-25/h3-16,29-30H,17H2,1-2H3. The Morgan fingerprint density at radius 1 is 0.719 bits per heavy atom. The summed E-state index contributed by atoms with van der Waals surface area (Å²) in [4.78, 5) is 17.1. The minimum absolute atomic E-state index is 0.0617. The Hall–Kier alpha value is -3.92. The first-order chi connectivity index (χ1) is 15.5. The van der Waals surface area contributed by atoms with E-state index in [1.165, 1.54) is 0 Å². The molecular formula is C28H24N4. The summed E-state index contributed by atoms with van der Waals surface area (Å²) in [6, 6.07) is 25.3. The lowest BCUT2D eigenvalue weighted by Crippen LogP contribution is -2.15. The van der Waals surface area contributed by atoms with Gasteiger partial charge in [0.15, 0.2) is 0 Å². The molecule has 3 aromatic heterocycles. The van der Waals surface area contributed by atoms with Crippen LogP contribution in [0.5, 0.6) is 0 Å². The highest BCUT2D eigenvalue weighted by molar-refractivity contribution is 5.83. The quantitative estimate of drug-likeness (QED) is 0.320. The van der Waals surface area contributed by atoms with E-state index < -0.39 is 0 Å². The molecule has 2 N–H and O–H groups in total. The molecule has 0 radical (unpaired) electrons. The monoisotopic (exact) mass is 416 g/mol. The number of fused-ring (bicyclic) bond motifs is 8. The highest BCUT2D eigenvalue weighted by Gasteiger charge is 2.31. The van der Waals surface area contributed by atoms with Gasteiger partial charge >= 0.3 is 0 Å². The minimum atomic E-state index is -0.0617. The summed E-state index contributed by atoms with van der Waals surface area (Å²) < 4.78 is 0. The van der Waals surface area contributed by atoms with E-state index in [4.69, 9.17) is 9.97 Å². The lowest BCUT2D eigenvalue weighted by atomic mass is 9.85. The summed E-state index contributed by atoms with van der Waals surface area (Å²) in [7, 11) is 0. The van der Waals surface area contributed by atoms with Gasteiger partial charge in [0.2, 0.25) is 0 Å². The van der Waals surface area contributed by atoms with E-state index in [0.717, 1.165) is 62.4 Å². The van der Waals surface area contributed by atoms with Crippen molar-refractivity contribution in [2.75, 3.05) is 0 Å². The molecule has 0 amide bonds. The molecule has 2 aliphatic heterocycles. The normalized spacial score (nSPS) is 14.6. The van der Waals surface area contributed by atoms with E-state index in [0.29, 0.717) is 0 Å². The molecule has 0 aliphatic carbocycles. The van der Waals surface area contributed by atoms with Gasteiger partial charge in [0.25, 0.3) is 0 Å². The Labute approximate surface area is 186 Å². The number of nitrogens with zero attached hydrogens (tertiary/aromatic N) is 2. The molecule has 6 rings (SSSR count). The Morgan fingerprint density at radius 3 is 2.09 bits per heavy atom. The molecule has 1 aromatic carbocycles. The number of nitrogens with one attached hydrogen (secondary N) is 2. The fraction of sp³-hybridized carbons (Fsp3) is 0.143. The van der Waals surface area contributed by atoms with Crippen LogP contribution in [0.3, 0.4) is 0 Å². The molecule has 4 aromatic rings. The molecule has 4 heteroatoms. The number of hydrogen-bond acceptors (Lipinski definition) is 2. The van der Waals surface area contributed by atoms with Gasteiger partial charge < -0.3 is 9.97 Å². The molecule has 0 atom stereocenters. The third kappa shape index (κ3) is 3.34. The average Bonchev–Trinajstić information content (AvgIpc) is 3.54. The van der Waals surface area contributed by atoms with Gasteiger partial charge in [-0.3, -0.25) is 4.98 Å². The van der Waals surface area contributed by atoms with Gasteiger partial charge in [0, 0.05) is 45.2 Å². The maximum absolute atomic E-state index is 5.16. The smallest absolute Gasteiger partial charge is 0.0734 e. The van der Waals surface area contributed by atoms with Gasteiger partial charge in [0.1, 0.15) is 0 Å². The van der Waals surface area contributed by atoms with Crippen LogP contribution in [0.1, 0.15) is 36.6 Å². The van der Waals surface area contributed by atoms with E-state index in [2.05, 4.69) is 103 Å². The van der Waals surface area contributed by atoms with Gasteiger partial charge in [-0.15, -0.1) is 0 Å². The summed E-state index contributed by atoms with van der Waals surface area (Å²) >= 11 is 0. The van der Waals surface area contributed by atoms with Crippen molar-refractivity contribution in [3.63, 3.8) is 0 Å². The predicted molar refractivity (Wildman–Crippen MR) is 132 cm³/mol. The summed E-state index contributed by atoms with van der Waals surface area (Å²) in [6.07, 6.45) is 5.05. The minimum Gasteiger partial charge on any atom is -0.355 e. The molecule has 32 heavy (non-hydrogen) atoms. The Bertz CT molecular complexity index is 1520. The number of aromatic nitrogens is 4. The summed E-state index contributed by atoms with van der Waals surface area (Å²) in [5.41, 5.74) is 10.5. The number of H-pyrrole nitrogens is 2. The van der Waals surface area contributed by atoms with Crippen LogP contribution in [-0.4, -0.2) is 19.9 Å². The molecule has 2 aliphatic rings. The third-order valence-corrected chi connectivity index (χ3v) is 6.20. The molecular weight excluding hydrogens is 392 g/mol. The van der Waals surface area contributed by atoms with Crippen LogP contribution in [0.15, 0.2) is 72.8 Å². The Balaban J connectivity index is 1.74. The number of rotatable bonds is 1. The zero-order chi connectivity index (χ0) is 21.7. The number of hydrogen-bond donors (Lipinski definition) is 2. The maximum Gasteiger partial charge on any atom is 0.0734 e. The van der Waals surface area contributed by atoms with E-state index in [-0.39, 0.29) is 5.41 Å². The highest BCUT2D eigenvalue weighted by Crippen LogP contribution is 2.37. The SMILES string of the molecule is CC1(C)Cc2nc1cc1ccc(cc3ccc(cc4nc(c2-c2ccccc2)C=C4)[nH]3)[nH]1. The number of aromatic amines is 2. The lowest BCUT2D eigenvalue weighted by Gasteiger charge is -2.16. The average molecular weight is 417 g/mol. The number of benzene rings is 1. The maximum atomic E-state index is 5.16. The van der Waals surface area contributed by atoms with Crippen LogP contribution >= 0.6 is 0 Å². The van der Waals surface area contributed by atoms with Gasteiger partial charge in [0.05, 0.1) is 17.1 Å². The first-order valence-corrected chi connectivity index (χ1v) is 11.0. The molecule has 0 spiro atoms. The van der Waals surface area contributed by atoms with Crippen LogP contribution < -0.4 is 0 Å². The van der Waals surface area contributed by atoms with Crippen molar-refractivity contribution in [3.8, 4) is 11.1 Å². The molecule has 0 fully saturated rings. The third-order valence-electron chi connectivity index (χ3n) is 6.20. The Kier molecular flexibility index (Phi) is 4.15. The van der Waals surface area contributed by atoms with Crippen molar-refractivity contribution in [2.45, 2.75) is 25.7 Å². The molecule has 156 valence electrons. The van der Waals surface area contributed by atoms with Crippen molar-refractivity contribution in [3.05, 3.63) is 95.6 Å². The van der Waals surface area contributed by atoms with E-state index in [9.17, 15) is 0 Å². The van der Waals surface area contributed by atoms with Crippen molar-refractivity contribution in [1.82, 2.24) is 19.9 Å². The van der Waals surface area contributed by atoms with Crippen LogP contribution in [0.25, 0.3) is 45.3 Å². The molecule has 4 nitrogen and oxygen atoms in total. The van der Waals surface area contributed by atoms with E-state index in [1.807, 2.05) is 6.07 Å². The predicted octanol–water partition coefficient (Wildman–Crippen LogP) is 6.67. The largest absolute Gasteiger partial charge is 0.355 e. The topological polar surface area (TPSA) is 57.4 Å². The zero-order valence-corrected chi connectivity index (χ0v) is 18.2. The molecule has 0 unspecified atom stereocenters. The lowest BCUT2D eigenvalue weighted by molar-refractivity contribution is 0.544. The van der Waals surface area contributed by atoms with Gasteiger partial charge in [-0.2, -0.15) is 0 Å². The molecule has 5 heterocycles. The summed E-state index contributed by atoms with van der Waals surface area (Å²) in [6.45, 7) is 4.53. The van der Waals surface area contributed by atoms with Crippen molar-refractivity contribution in [1.29, 1.82) is 0 Å². The molecule has 0 saturated carbocycles. The fourth-order valence-corrected chi connectivity index (χ4v) is 4.55. The van der Waals surface area contributed by atoms with Crippen LogP contribution in [0, 0.1) is 0 Å². The first-order valence-electron chi connectivity index (χ1n) is 11.0. The van der Waals surface area contributed by atoms with Crippen LogP contribution in [0.2, 0.25) is 0 Å². The first kappa shape index (κ1) is 18.8. The second-order valence-corrected chi connectivity index (χ2v) is 9.17. The van der Waals surface area contributed by atoms with Crippen LogP contribution in [-0.2, 0) is 11.8 Å². The molecule has 8 bridgehead atoms. The van der Waals surface area contributed by atoms with Gasteiger partial charge in [-0.05, 0) is 60.2 Å².